The number of imidazole rings is 1. The fourth-order valence-corrected chi connectivity index (χ4v) is 2.72. The van der Waals surface area contributed by atoms with E-state index in [4.69, 9.17) is 4.42 Å². The molecule has 0 aliphatic rings. The zero-order valence-electron chi connectivity index (χ0n) is 8.71. The van der Waals surface area contributed by atoms with Crippen LogP contribution in [0.1, 0.15) is 17.6 Å². The molecule has 6 heteroatoms. The highest BCUT2D eigenvalue weighted by Crippen LogP contribution is 2.23. The molecule has 0 aliphatic heterocycles. The van der Waals surface area contributed by atoms with Crippen LogP contribution >= 0.6 is 27.3 Å². The van der Waals surface area contributed by atoms with E-state index in [1.165, 1.54) is 0 Å². The van der Waals surface area contributed by atoms with Crippen molar-refractivity contribution in [2.24, 2.45) is 0 Å². The van der Waals surface area contributed by atoms with E-state index in [9.17, 15) is 5.11 Å². The monoisotopic (exact) mass is 312 g/mol. The third-order valence-electron chi connectivity index (χ3n) is 2.47. The Balaban J connectivity index is 1.80. The van der Waals surface area contributed by atoms with Crippen molar-refractivity contribution >= 4 is 32.2 Å². The number of aromatic nitrogens is 2. The second-order valence-corrected chi connectivity index (χ2v) is 5.34. The van der Waals surface area contributed by atoms with Gasteiger partial charge < -0.3 is 9.52 Å². The van der Waals surface area contributed by atoms with E-state index in [-0.39, 0.29) is 0 Å². The standard InChI is InChI=1S/C11H9BrN2O2S/c12-10-2-1-9(16-10)8(15)5-7-6-14-3-4-17-11(14)13-7/h1-4,6,8,15H,5H2. The Morgan fingerprint density at radius 2 is 2.41 bits per heavy atom. The van der Waals surface area contributed by atoms with Crippen LogP contribution < -0.4 is 0 Å². The van der Waals surface area contributed by atoms with Gasteiger partial charge in [-0.05, 0) is 28.1 Å². The Kier molecular flexibility index (Phi) is 2.78. The third kappa shape index (κ3) is 2.15. The molecule has 1 unspecified atom stereocenters. The van der Waals surface area contributed by atoms with Gasteiger partial charge in [-0.2, -0.15) is 0 Å². The molecular formula is C11H9BrN2O2S. The van der Waals surface area contributed by atoms with Crippen LogP contribution in [0.2, 0.25) is 0 Å². The maximum atomic E-state index is 9.99. The first-order chi connectivity index (χ1) is 8.22. The lowest BCUT2D eigenvalue weighted by atomic mass is 10.1. The second kappa shape index (κ2) is 4.29. The lowest BCUT2D eigenvalue weighted by Gasteiger charge is -2.04. The average Bonchev–Trinajstić information content (AvgIpc) is 2.92. The molecule has 3 heterocycles. The van der Waals surface area contributed by atoms with Gasteiger partial charge in [0, 0.05) is 24.2 Å². The first-order valence-corrected chi connectivity index (χ1v) is 6.74. The number of halogens is 1. The number of rotatable bonds is 3. The SMILES string of the molecule is OC(Cc1cn2ccsc2n1)c1ccc(Br)o1. The molecule has 0 spiro atoms. The van der Waals surface area contributed by atoms with Gasteiger partial charge in [-0.25, -0.2) is 4.98 Å². The van der Waals surface area contributed by atoms with Gasteiger partial charge in [-0.15, -0.1) is 11.3 Å². The normalized spacial score (nSPS) is 13.3. The van der Waals surface area contributed by atoms with E-state index in [0.29, 0.717) is 16.9 Å². The van der Waals surface area contributed by atoms with Crippen LogP contribution in [-0.4, -0.2) is 14.5 Å². The van der Waals surface area contributed by atoms with Gasteiger partial charge in [0.1, 0.15) is 11.9 Å². The molecule has 1 N–H and O–H groups in total. The number of aliphatic hydroxyl groups is 1. The van der Waals surface area contributed by atoms with E-state index < -0.39 is 6.10 Å². The van der Waals surface area contributed by atoms with Crippen LogP contribution in [0.3, 0.4) is 0 Å². The molecule has 3 rings (SSSR count). The van der Waals surface area contributed by atoms with Crippen molar-refractivity contribution in [3.8, 4) is 0 Å². The van der Waals surface area contributed by atoms with Crippen LogP contribution in [0.4, 0.5) is 0 Å². The summed E-state index contributed by atoms with van der Waals surface area (Å²) < 4.78 is 7.88. The van der Waals surface area contributed by atoms with Crippen molar-refractivity contribution in [1.29, 1.82) is 0 Å². The van der Waals surface area contributed by atoms with Gasteiger partial charge in [0.2, 0.25) is 0 Å². The maximum absolute atomic E-state index is 9.99. The fraction of sp³-hybridized carbons (Fsp3) is 0.182. The van der Waals surface area contributed by atoms with Crippen molar-refractivity contribution in [3.05, 3.63) is 46.0 Å². The molecule has 88 valence electrons. The minimum Gasteiger partial charge on any atom is -0.452 e. The lowest BCUT2D eigenvalue weighted by Crippen LogP contribution is -2.00. The van der Waals surface area contributed by atoms with Gasteiger partial charge >= 0.3 is 0 Å². The van der Waals surface area contributed by atoms with E-state index in [1.54, 1.807) is 23.5 Å². The maximum Gasteiger partial charge on any atom is 0.193 e. The summed E-state index contributed by atoms with van der Waals surface area (Å²) in [4.78, 5) is 5.35. The van der Waals surface area contributed by atoms with Crippen LogP contribution in [-0.2, 0) is 6.42 Å². The minimum atomic E-state index is -0.661. The molecule has 0 radical (unpaired) electrons. The molecule has 0 bridgehead atoms. The molecule has 3 aromatic rings. The fourth-order valence-electron chi connectivity index (χ4n) is 1.68. The molecule has 17 heavy (non-hydrogen) atoms. The third-order valence-corrected chi connectivity index (χ3v) is 3.66. The second-order valence-electron chi connectivity index (χ2n) is 3.69. The number of thiazole rings is 1. The van der Waals surface area contributed by atoms with E-state index in [0.717, 1.165) is 10.7 Å². The van der Waals surface area contributed by atoms with Crippen molar-refractivity contribution in [2.45, 2.75) is 12.5 Å². The summed E-state index contributed by atoms with van der Waals surface area (Å²) in [5.74, 6) is 0.549. The van der Waals surface area contributed by atoms with E-state index in [1.807, 2.05) is 22.2 Å². The predicted molar refractivity (Wildman–Crippen MR) is 68.1 cm³/mol. The molecule has 1 atom stereocenters. The topological polar surface area (TPSA) is 50.7 Å². The summed E-state index contributed by atoms with van der Waals surface area (Å²) in [6.45, 7) is 0. The number of furan rings is 1. The quantitative estimate of drug-likeness (QED) is 0.808. The van der Waals surface area contributed by atoms with Gasteiger partial charge in [-0.3, -0.25) is 4.40 Å². The summed E-state index contributed by atoms with van der Waals surface area (Å²) in [5, 5.41) is 12.0. The van der Waals surface area contributed by atoms with Crippen LogP contribution in [0, 0.1) is 0 Å². The summed E-state index contributed by atoms with van der Waals surface area (Å²) in [6, 6.07) is 3.53. The first-order valence-electron chi connectivity index (χ1n) is 5.07. The van der Waals surface area contributed by atoms with E-state index in [2.05, 4.69) is 20.9 Å². The molecule has 0 aliphatic carbocycles. The molecule has 3 aromatic heterocycles. The van der Waals surface area contributed by atoms with Crippen molar-refractivity contribution in [2.75, 3.05) is 0 Å². The molecule has 0 saturated heterocycles. The minimum absolute atomic E-state index is 0.453. The highest BCUT2D eigenvalue weighted by atomic mass is 79.9. The summed E-state index contributed by atoms with van der Waals surface area (Å²) >= 11 is 4.79. The smallest absolute Gasteiger partial charge is 0.193 e. The van der Waals surface area contributed by atoms with E-state index >= 15 is 0 Å². The first kappa shape index (κ1) is 11.0. The summed E-state index contributed by atoms with van der Waals surface area (Å²) in [5.41, 5.74) is 0.858. The highest BCUT2D eigenvalue weighted by molar-refractivity contribution is 9.10. The Labute approximate surface area is 110 Å². The van der Waals surface area contributed by atoms with Crippen LogP contribution in [0.5, 0.6) is 0 Å². The van der Waals surface area contributed by atoms with Crippen molar-refractivity contribution in [1.82, 2.24) is 9.38 Å². The van der Waals surface area contributed by atoms with Gasteiger partial charge in [0.05, 0.1) is 5.69 Å². The number of hydrogen-bond acceptors (Lipinski definition) is 4. The molecule has 0 fully saturated rings. The molecule has 0 saturated carbocycles. The Bertz CT molecular complexity index is 614. The average molecular weight is 313 g/mol. The van der Waals surface area contributed by atoms with Crippen molar-refractivity contribution < 1.29 is 9.52 Å². The van der Waals surface area contributed by atoms with Crippen molar-refractivity contribution in [3.63, 3.8) is 0 Å². The summed E-state index contributed by atoms with van der Waals surface area (Å²) in [6.07, 6.45) is 3.67. The van der Waals surface area contributed by atoms with Gasteiger partial charge in [-0.1, -0.05) is 0 Å². The highest BCUT2D eigenvalue weighted by Gasteiger charge is 2.14. The number of fused-ring (bicyclic) bond motifs is 1. The Hall–Kier alpha value is -1.11. The van der Waals surface area contributed by atoms with Crippen LogP contribution in [0.15, 0.2) is 39.0 Å². The largest absolute Gasteiger partial charge is 0.452 e. The van der Waals surface area contributed by atoms with Gasteiger partial charge in [0.25, 0.3) is 0 Å². The lowest BCUT2D eigenvalue weighted by molar-refractivity contribution is 0.148. The Morgan fingerprint density at radius 1 is 1.53 bits per heavy atom. The number of hydrogen-bond donors (Lipinski definition) is 1. The molecular weight excluding hydrogens is 304 g/mol. The number of aliphatic hydroxyl groups excluding tert-OH is 1. The van der Waals surface area contributed by atoms with Gasteiger partial charge in [0.15, 0.2) is 9.63 Å². The number of nitrogens with zero attached hydrogens (tertiary/aromatic N) is 2. The molecule has 4 nitrogen and oxygen atoms in total. The van der Waals surface area contributed by atoms with Crippen LogP contribution in [0.25, 0.3) is 4.96 Å². The summed E-state index contributed by atoms with van der Waals surface area (Å²) in [7, 11) is 0. The molecule has 0 amide bonds. The molecule has 0 aromatic carbocycles. The predicted octanol–water partition coefficient (Wildman–Crippen LogP) is 3.03. The Morgan fingerprint density at radius 3 is 3.12 bits per heavy atom. The zero-order valence-corrected chi connectivity index (χ0v) is 11.1. The zero-order chi connectivity index (χ0) is 11.8.